The zero-order valence-corrected chi connectivity index (χ0v) is 24.2. The van der Waals surface area contributed by atoms with E-state index in [2.05, 4.69) is 0 Å². The number of hydrogen-bond acceptors (Lipinski definition) is 16. The Morgan fingerprint density at radius 3 is 1.98 bits per heavy atom. The van der Waals surface area contributed by atoms with Crippen LogP contribution >= 0.6 is 0 Å². The number of phenolic OH excluding ortho intramolecular Hbond substituents is 4. The Morgan fingerprint density at radius 2 is 1.38 bits per heavy atom. The number of carbonyl (C=O) groups is 4. The molecule has 1 fully saturated rings. The van der Waals surface area contributed by atoms with Crippen LogP contribution in [0.2, 0.25) is 0 Å². The molecule has 0 spiro atoms. The largest absolute Gasteiger partial charge is 0.508 e. The average molecular weight is 633 g/mol. The molecule has 0 unspecified atom stereocenters. The molecule has 0 bridgehead atoms. The van der Waals surface area contributed by atoms with Crippen LogP contribution in [0.3, 0.4) is 0 Å². The van der Waals surface area contributed by atoms with Crippen LogP contribution in [0.15, 0.2) is 39.5 Å². The molecule has 16 nitrogen and oxygen atoms in total. The Hall–Kier alpha value is -5.51. The second-order valence-corrected chi connectivity index (χ2v) is 9.82. The van der Waals surface area contributed by atoms with E-state index in [1.165, 1.54) is 6.07 Å². The number of carbonyl (C=O) groups excluding carboxylic acids is 4. The summed E-state index contributed by atoms with van der Waals surface area (Å²) in [5.74, 6) is -6.87. The van der Waals surface area contributed by atoms with E-state index < -0.39 is 107 Å². The van der Waals surface area contributed by atoms with Crippen LogP contribution in [0.1, 0.15) is 27.7 Å². The molecule has 1 aliphatic heterocycles. The third-order valence-electron chi connectivity index (χ3n) is 6.34. The van der Waals surface area contributed by atoms with Crippen LogP contribution in [0.25, 0.3) is 22.3 Å². The summed E-state index contributed by atoms with van der Waals surface area (Å²) >= 11 is 0. The second-order valence-electron chi connectivity index (χ2n) is 9.82. The van der Waals surface area contributed by atoms with Gasteiger partial charge >= 0.3 is 23.9 Å². The van der Waals surface area contributed by atoms with Crippen molar-refractivity contribution in [2.75, 3.05) is 6.61 Å². The molecule has 0 saturated carbocycles. The fraction of sp³-hybridized carbons (Fsp3) is 0.345. The van der Waals surface area contributed by atoms with Crippen molar-refractivity contribution in [3.8, 4) is 40.1 Å². The Morgan fingerprint density at radius 1 is 0.756 bits per heavy atom. The number of benzene rings is 2. The highest BCUT2D eigenvalue weighted by Crippen LogP contribution is 2.40. The number of hydrogen-bond donors (Lipinski definition) is 4. The van der Waals surface area contributed by atoms with Crippen LogP contribution in [0, 0.1) is 0 Å². The normalized spacial score (nSPS) is 21.0. The molecule has 0 amide bonds. The molecule has 0 aliphatic carbocycles. The minimum Gasteiger partial charge on any atom is -0.508 e. The Kier molecular flexibility index (Phi) is 9.37. The molecule has 2 heterocycles. The van der Waals surface area contributed by atoms with Crippen molar-refractivity contribution >= 4 is 34.8 Å². The molecule has 2 aromatic carbocycles. The fourth-order valence-corrected chi connectivity index (χ4v) is 4.63. The highest BCUT2D eigenvalue weighted by Gasteiger charge is 2.53. The van der Waals surface area contributed by atoms with Crippen molar-refractivity contribution in [3.05, 3.63) is 40.6 Å². The zero-order chi connectivity index (χ0) is 33.2. The minimum atomic E-state index is -1.87. The van der Waals surface area contributed by atoms with Gasteiger partial charge in [-0.25, -0.2) is 0 Å². The standard InChI is InChI=1S/C29H28O16/c1-11(30)39-10-21-25(40-12(2)31)27(41-13(3)32)28(42-14(4)33)29(44-21)45-26-23(38)22-19(37)8-16(34)9-20(22)43-24(26)15-5-6-17(35)18(36)7-15/h5-9,21,25,27-29,34-37H,10H2,1-4H3/t21-,25+,27+,28-,29+/m1/s1. The fourth-order valence-electron chi connectivity index (χ4n) is 4.63. The summed E-state index contributed by atoms with van der Waals surface area (Å²) in [7, 11) is 0. The summed E-state index contributed by atoms with van der Waals surface area (Å²) < 4.78 is 38.8. The number of aromatic hydroxyl groups is 4. The van der Waals surface area contributed by atoms with Crippen molar-refractivity contribution in [2.45, 2.75) is 58.4 Å². The van der Waals surface area contributed by atoms with E-state index in [1.54, 1.807) is 0 Å². The van der Waals surface area contributed by atoms with Gasteiger partial charge < -0.3 is 53.3 Å². The number of esters is 4. The monoisotopic (exact) mass is 632 g/mol. The van der Waals surface area contributed by atoms with Crippen LogP contribution in [0.5, 0.6) is 28.7 Å². The summed E-state index contributed by atoms with van der Waals surface area (Å²) in [6, 6.07) is 5.22. The summed E-state index contributed by atoms with van der Waals surface area (Å²) in [5.41, 5.74) is -1.40. The van der Waals surface area contributed by atoms with Gasteiger partial charge in [0.05, 0.1) is 0 Å². The Balaban J connectivity index is 1.94. The van der Waals surface area contributed by atoms with Gasteiger partial charge in [0.1, 0.15) is 35.2 Å². The molecule has 3 aromatic rings. The maximum absolute atomic E-state index is 13.8. The summed E-state index contributed by atoms with van der Waals surface area (Å²) in [5, 5.41) is 40.0. The van der Waals surface area contributed by atoms with Crippen LogP contribution in [0.4, 0.5) is 0 Å². The number of ether oxygens (including phenoxy) is 6. The number of rotatable bonds is 8. The second kappa shape index (κ2) is 13.0. The smallest absolute Gasteiger partial charge is 0.303 e. The van der Waals surface area contributed by atoms with Crippen LogP contribution in [-0.4, -0.2) is 81.6 Å². The summed E-state index contributed by atoms with van der Waals surface area (Å²) in [4.78, 5) is 61.8. The first kappa shape index (κ1) is 32.4. The minimum absolute atomic E-state index is 0.0484. The lowest BCUT2D eigenvalue weighted by Gasteiger charge is -2.43. The maximum Gasteiger partial charge on any atom is 0.303 e. The van der Waals surface area contributed by atoms with E-state index in [0.29, 0.717) is 0 Å². The molecule has 45 heavy (non-hydrogen) atoms. The van der Waals surface area contributed by atoms with Crippen LogP contribution < -0.4 is 10.2 Å². The van der Waals surface area contributed by atoms with Gasteiger partial charge in [0.25, 0.3) is 0 Å². The predicted octanol–water partition coefficient (Wildman–Crippen LogP) is 1.74. The van der Waals surface area contributed by atoms with Crippen molar-refractivity contribution in [1.29, 1.82) is 0 Å². The lowest BCUT2D eigenvalue weighted by Crippen LogP contribution is -2.63. The summed E-state index contributed by atoms with van der Waals surface area (Å²) in [6.07, 6.45) is -8.15. The Bertz CT molecular complexity index is 1710. The molecule has 1 saturated heterocycles. The van der Waals surface area contributed by atoms with Gasteiger partial charge in [-0.05, 0) is 18.2 Å². The Labute approximate surface area is 253 Å². The molecule has 4 N–H and O–H groups in total. The molecular formula is C29H28O16. The molecule has 5 atom stereocenters. The number of fused-ring (bicyclic) bond motifs is 1. The first-order chi connectivity index (χ1) is 21.2. The quantitative estimate of drug-likeness (QED) is 0.157. The third-order valence-corrected chi connectivity index (χ3v) is 6.34. The van der Waals surface area contributed by atoms with Gasteiger partial charge in [-0.15, -0.1) is 0 Å². The highest BCUT2D eigenvalue weighted by atomic mass is 16.7. The van der Waals surface area contributed by atoms with E-state index in [0.717, 1.165) is 52.0 Å². The van der Waals surface area contributed by atoms with E-state index >= 15 is 0 Å². The maximum atomic E-state index is 13.8. The molecular weight excluding hydrogens is 604 g/mol. The predicted molar refractivity (Wildman–Crippen MR) is 147 cm³/mol. The lowest BCUT2D eigenvalue weighted by molar-refractivity contribution is -0.288. The SMILES string of the molecule is CC(=O)OC[C@H]1O[C@@H](Oc2c(-c3ccc(O)c(O)c3)oc3cc(O)cc(O)c3c2=O)[C@H](OC(C)=O)[C@@H](OC(C)=O)[C@H]1OC(C)=O. The van der Waals surface area contributed by atoms with Gasteiger partial charge in [0.2, 0.25) is 23.6 Å². The average Bonchev–Trinajstić information content (AvgIpc) is 2.92. The van der Waals surface area contributed by atoms with Crippen LogP contribution in [-0.2, 0) is 42.9 Å². The van der Waals surface area contributed by atoms with Gasteiger partial charge in [-0.2, -0.15) is 0 Å². The van der Waals surface area contributed by atoms with Crippen molar-refractivity contribution in [3.63, 3.8) is 0 Å². The molecule has 0 radical (unpaired) electrons. The number of phenols is 4. The molecule has 1 aliphatic rings. The van der Waals surface area contributed by atoms with E-state index in [1.807, 2.05) is 0 Å². The lowest BCUT2D eigenvalue weighted by atomic mass is 9.98. The van der Waals surface area contributed by atoms with Crippen molar-refractivity contribution in [2.24, 2.45) is 0 Å². The van der Waals surface area contributed by atoms with E-state index in [-0.39, 0.29) is 11.1 Å². The topological polar surface area (TPSA) is 235 Å². The van der Waals surface area contributed by atoms with E-state index in [9.17, 15) is 44.4 Å². The van der Waals surface area contributed by atoms with Crippen molar-refractivity contribution in [1.82, 2.24) is 0 Å². The third kappa shape index (κ3) is 7.18. The van der Waals surface area contributed by atoms with E-state index in [4.69, 9.17) is 32.8 Å². The first-order valence-corrected chi connectivity index (χ1v) is 13.2. The summed E-state index contributed by atoms with van der Waals surface area (Å²) in [6.45, 7) is 3.58. The molecule has 1 aromatic heterocycles. The zero-order valence-electron chi connectivity index (χ0n) is 24.2. The highest BCUT2D eigenvalue weighted by molar-refractivity contribution is 5.88. The van der Waals surface area contributed by atoms with Crippen molar-refractivity contribution < 1.29 is 72.4 Å². The van der Waals surface area contributed by atoms with Gasteiger partial charge in [0.15, 0.2) is 29.5 Å². The molecule has 16 heteroatoms. The first-order valence-electron chi connectivity index (χ1n) is 13.2. The molecule has 240 valence electrons. The van der Waals surface area contributed by atoms with Gasteiger partial charge in [0, 0.05) is 45.4 Å². The molecule has 4 rings (SSSR count). The van der Waals surface area contributed by atoms with Gasteiger partial charge in [-0.3, -0.25) is 24.0 Å². The van der Waals surface area contributed by atoms with Gasteiger partial charge in [-0.1, -0.05) is 0 Å².